The standard InChI is InChI=1S/C26H26O6/c1-14-13-26(28,22-17(23(14)27)10-8-12-19(22)30-4)21-15(2)24(31-5)16-9-7-11-18(29-3)20(16)25(21)32-6/h7-13,28H,1-6H3. The van der Waals surface area contributed by atoms with Crippen LogP contribution in [0.4, 0.5) is 0 Å². The van der Waals surface area contributed by atoms with Crippen molar-refractivity contribution in [2.24, 2.45) is 0 Å². The second-order valence-corrected chi connectivity index (χ2v) is 7.76. The summed E-state index contributed by atoms with van der Waals surface area (Å²) in [6, 6.07) is 10.8. The SMILES string of the molecule is COc1cccc2c1C(O)(c1c(C)c(OC)c3cccc(OC)c3c1OC)C=C(C)C2=O. The van der Waals surface area contributed by atoms with E-state index in [0.717, 1.165) is 5.39 Å². The minimum absolute atomic E-state index is 0.162. The summed E-state index contributed by atoms with van der Waals surface area (Å²) in [5, 5.41) is 13.8. The number of allylic oxidation sites excluding steroid dienone is 1. The molecule has 166 valence electrons. The number of hydrogen-bond donors (Lipinski definition) is 1. The van der Waals surface area contributed by atoms with Crippen molar-refractivity contribution in [1.82, 2.24) is 0 Å². The van der Waals surface area contributed by atoms with Gasteiger partial charge in [0.05, 0.1) is 33.8 Å². The van der Waals surface area contributed by atoms with Gasteiger partial charge in [0.25, 0.3) is 0 Å². The number of benzene rings is 3. The van der Waals surface area contributed by atoms with Gasteiger partial charge in [-0.2, -0.15) is 0 Å². The van der Waals surface area contributed by atoms with Crippen LogP contribution in [-0.4, -0.2) is 39.3 Å². The number of methoxy groups -OCH3 is 4. The summed E-state index contributed by atoms with van der Waals surface area (Å²) in [7, 11) is 6.23. The van der Waals surface area contributed by atoms with Gasteiger partial charge >= 0.3 is 0 Å². The molecule has 0 saturated heterocycles. The Morgan fingerprint density at radius 1 is 0.781 bits per heavy atom. The summed E-state index contributed by atoms with van der Waals surface area (Å²) in [4.78, 5) is 13.0. The van der Waals surface area contributed by atoms with Crippen molar-refractivity contribution in [3.8, 4) is 23.0 Å². The number of hydrogen-bond acceptors (Lipinski definition) is 6. The molecule has 6 nitrogen and oxygen atoms in total. The van der Waals surface area contributed by atoms with E-state index in [9.17, 15) is 9.90 Å². The summed E-state index contributed by atoms with van der Waals surface area (Å²) >= 11 is 0. The number of fused-ring (bicyclic) bond motifs is 2. The third-order valence-electron chi connectivity index (χ3n) is 6.11. The Kier molecular flexibility index (Phi) is 5.34. The highest BCUT2D eigenvalue weighted by atomic mass is 16.5. The summed E-state index contributed by atoms with van der Waals surface area (Å²) in [5.74, 6) is 1.85. The number of carbonyl (C=O) groups is 1. The highest BCUT2D eigenvalue weighted by molar-refractivity contribution is 6.12. The second-order valence-electron chi connectivity index (χ2n) is 7.76. The number of ether oxygens (including phenoxy) is 4. The first-order chi connectivity index (χ1) is 15.3. The van der Waals surface area contributed by atoms with Crippen LogP contribution in [0.2, 0.25) is 0 Å². The first-order valence-electron chi connectivity index (χ1n) is 10.2. The van der Waals surface area contributed by atoms with Crippen molar-refractivity contribution in [3.05, 3.63) is 70.3 Å². The lowest BCUT2D eigenvalue weighted by Gasteiger charge is -2.36. The van der Waals surface area contributed by atoms with Crippen LogP contribution in [0.1, 0.15) is 34.0 Å². The Morgan fingerprint density at radius 2 is 1.41 bits per heavy atom. The van der Waals surface area contributed by atoms with Crippen LogP contribution < -0.4 is 18.9 Å². The molecule has 0 bridgehead atoms. The maximum Gasteiger partial charge on any atom is 0.189 e. The highest BCUT2D eigenvalue weighted by Gasteiger charge is 2.44. The van der Waals surface area contributed by atoms with E-state index in [1.165, 1.54) is 7.11 Å². The van der Waals surface area contributed by atoms with Gasteiger partial charge in [-0.25, -0.2) is 0 Å². The first-order valence-corrected chi connectivity index (χ1v) is 10.2. The molecule has 0 aromatic heterocycles. The van der Waals surface area contributed by atoms with Crippen LogP contribution in [0.15, 0.2) is 48.0 Å². The van der Waals surface area contributed by atoms with Gasteiger partial charge in [-0.1, -0.05) is 24.3 Å². The number of carbonyl (C=O) groups excluding carboxylic acids is 1. The van der Waals surface area contributed by atoms with Gasteiger partial charge in [-0.15, -0.1) is 0 Å². The van der Waals surface area contributed by atoms with E-state index in [4.69, 9.17) is 18.9 Å². The van der Waals surface area contributed by atoms with Crippen molar-refractivity contribution in [3.63, 3.8) is 0 Å². The molecule has 6 heteroatoms. The zero-order chi connectivity index (χ0) is 23.2. The van der Waals surface area contributed by atoms with E-state index < -0.39 is 5.60 Å². The third kappa shape index (κ3) is 2.87. The van der Waals surface area contributed by atoms with Gasteiger partial charge in [0, 0.05) is 27.6 Å². The topological polar surface area (TPSA) is 74.2 Å². The van der Waals surface area contributed by atoms with Gasteiger partial charge in [0.15, 0.2) is 5.78 Å². The largest absolute Gasteiger partial charge is 0.496 e. The van der Waals surface area contributed by atoms with Gasteiger partial charge in [-0.3, -0.25) is 4.79 Å². The van der Waals surface area contributed by atoms with Crippen molar-refractivity contribution in [1.29, 1.82) is 0 Å². The quantitative estimate of drug-likeness (QED) is 0.635. The van der Waals surface area contributed by atoms with E-state index in [0.29, 0.717) is 56.2 Å². The molecule has 1 aliphatic carbocycles. The average Bonchev–Trinajstić information content (AvgIpc) is 2.80. The van der Waals surface area contributed by atoms with Crippen LogP contribution in [-0.2, 0) is 5.60 Å². The van der Waals surface area contributed by atoms with Gasteiger partial charge in [0.2, 0.25) is 0 Å². The van der Waals surface area contributed by atoms with E-state index in [1.54, 1.807) is 52.5 Å². The maximum absolute atomic E-state index is 13.0. The summed E-state index contributed by atoms with van der Waals surface area (Å²) in [6.45, 7) is 3.55. The van der Waals surface area contributed by atoms with Gasteiger partial charge in [0.1, 0.15) is 28.6 Å². The normalized spacial score (nSPS) is 17.6. The molecule has 1 unspecified atom stereocenters. The van der Waals surface area contributed by atoms with E-state index in [-0.39, 0.29) is 5.78 Å². The van der Waals surface area contributed by atoms with Crippen LogP contribution in [0.3, 0.4) is 0 Å². The van der Waals surface area contributed by atoms with E-state index >= 15 is 0 Å². The predicted molar refractivity (Wildman–Crippen MR) is 122 cm³/mol. The summed E-state index contributed by atoms with van der Waals surface area (Å²) in [6.07, 6.45) is 1.56. The molecule has 0 heterocycles. The van der Waals surface area contributed by atoms with Crippen molar-refractivity contribution in [2.45, 2.75) is 19.4 Å². The van der Waals surface area contributed by atoms with Crippen molar-refractivity contribution >= 4 is 16.6 Å². The smallest absolute Gasteiger partial charge is 0.189 e. The van der Waals surface area contributed by atoms with E-state index in [1.807, 2.05) is 25.1 Å². The number of Topliss-reactive ketones (excluding diaryl/α,β-unsaturated/α-hetero) is 1. The molecule has 1 N–H and O–H groups in total. The Morgan fingerprint density at radius 3 is 2.03 bits per heavy atom. The Labute approximate surface area is 187 Å². The average molecular weight is 434 g/mol. The van der Waals surface area contributed by atoms with Crippen LogP contribution in [0, 0.1) is 6.92 Å². The van der Waals surface area contributed by atoms with Gasteiger partial charge in [-0.05, 0) is 37.6 Å². The number of ketones is 1. The summed E-state index contributed by atoms with van der Waals surface area (Å²) in [5.41, 5.74) is 0.615. The van der Waals surface area contributed by atoms with Crippen LogP contribution in [0.25, 0.3) is 10.8 Å². The molecule has 1 atom stereocenters. The predicted octanol–water partition coefficient (Wildman–Crippen LogP) is 4.56. The molecule has 0 saturated carbocycles. The molecule has 0 fully saturated rings. The Bertz CT molecular complexity index is 1270. The fourth-order valence-electron chi connectivity index (χ4n) is 4.81. The molecule has 1 aliphatic rings. The molecule has 0 radical (unpaired) electrons. The van der Waals surface area contributed by atoms with Crippen LogP contribution in [0.5, 0.6) is 23.0 Å². The monoisotopic (exact) mass is 434 g/mol. The minimum Gasteiger partial charge on any atom is -0.496 e. The second kappa shape index (κ2) is 7.88. The Balaban J connectivity index is 2.24. The molecule has 32 heavy (non-hydrogen) atoms. The highest BCUT2D eigenvalue weighted by Crippen LogP contribution is 2.53. The van der Waals surface area contributed by atoms with Gasteiger partial charge < -0.3 is 24.1 Å². The lowest BCUT2D eigenvalue weighted by atomic mass is 9.73. The van der Waals surface area contributed by atoms with Crippen molar-refractivity contribution in [2.75, 3.05) is 28.4 Å². The molecule has 0 amide bonds. The maximum atomic E-state index is 13.0. The summed E-state index contributed by atoms with van der Waals surface area (Å²) < 4.78 is 22.9. The zero-order valence-electron chi connectivity index (χ0n) is 19.0. The molecular formula is C26H26O6. The molecule has 0 aliphatic heterocycles. The third-order valence-corrected chi connectivity index (χ3v) is 6.11. The van der Waals surface area contributed by atoms with Crippen molar-refractivity contribution < 1.29 is 28.8 Å². The molecular weight excluding hydrogens is 408 g/mol. The van der Waals surface area contributed by atoms with Crippen LogP contribution >= 0.6 is 0 Å². The molecule has 0 spiro atoms. The number of aliphatic hydroxyl groups is 1. The minimum atomic E-state index is -1.71. The first kappa shape index (κ1) is 21.7. The molecule has 3 aromatic carbocycles. The lowest BCUT2D eigenvalue weighted by Crippen LogP contribution is -2.34. The molecule has 3 aromatic rings. The zero-order valence-corrected chi connectivity index (χ0v) is 19.0. The van der Waals surface area contributed by atoms with E-state index in [2.05, 4.69) is 0 Å². The fraction of sp³-hybridized carbons (Fsp3) is 0.269. The Hall–Kier alpha value is -3.51. The number of rotatable bonds is 5. The fourth-order valence-corrected chi connectivity index (χ4v) is 4.81. The molecule has 4 rings (SSSR count). The lowest BCUT2D eigenvalue weighted by molar-refractivity contribution is 0.0955.